The number of rotatable bonds is 7. The van der Waals surface area contributed by atoms with E-state index in [9.17, 15) is 0 Å². The highest BCUT2D eigenvalue weighted by Crippen LogP contribution is 2.55. The maximum atomic E-state index is 7.59. The first-order valence-electron chi connectivity index (χ1n) is 21.9. The standard InChI is InChI=1S/C62H41NO/c1-3-14-42(15-4-1)44-28-30-45(31-29-44)47-34-38-52(39-35-47)63(51-36-32-46(33-37-51)43-16-5-2-6-17-43)60-27-13-26-57-59-41-50-20-8-7-19-49(50)40-58(59)56-25-12-24-55(61(56)64-62(57)60)54-23-11-21-48-18-9-10-22-53(48)54/h1-41H. The molecule has 1 aliphatic heterocycles. The normalized spacial score (nSPS) is 11.6. The fourth-order valence-corrected chi connectivity index (χ4v) is 9.49. The van der Waals surface area contributed by atoms with Gasteiger partial charge in [-0.25, -0.2) is 0 Å². The second-order valence-corrected chi connectivity index (χ2v) is 16.4. The molecule has 12 rings (SSSR count). The lowest BCUT2D eigenvalue weighted by Gasteiger charge is -2.29. The zero-order valence-corrected chi connectivity index (χ0v) is 35.0. The summed E-state index contributed by atoms with van der Waals surface area (Å²) in [4.78, 5) is 2.35. The van der Waals surface area contributed by atoms with Gasteiger partial charge in [-0.3, -0.25) is 0 Å². The topological polar surface area (TPSA) is 12.5 Å². The van der Waals surface area contributed by atoms with Crippen molar-refractivity contribution in [1.29, 1.82) is 0 Å². The monoisotopic (exact) mass is 815 g/mol. The molecule has 11 aromatic carbocycles. The first-order chi connectivity index (χ1) is 31.7. The van der Waals surface area contributed by atoms with Crippen molar-refractivity contribution in [2.75, 3.05) is 4.90 Å². The summed E-state index contributed by atoms with van der Waals surface area (Å²) in [6.45, 7) is 0. The molecule has 11 aromatic rings. The largest absolute Gasteiger partial charge is 0.453 e. The average molecular weight is 816 g/mol. The van der Waals surface area contributed by atoms with E-state index in [1.54, 1.807) is 0 Å². The van der Waals surface area contributed by atoms with Crippen LogP contribution in [0.3, 0.4) is 0 Å². The van der Waals surface area contributed by atoms with Crippen LogP contribution in [0, 0.1) is 0 Å². The van der Waals surface area contributed by atoms with E-state index in [1.807, 2.05) is 0 Å². The van der Waals surface area contributed by atoms with Gasteiger partial charge < -0.3 is 9.64 Å². The van der Waals surface area contributed by atoms with Crippen LogP contribution in [0.5, 0.6) is 11.5 Å². The summed E-state index contributed by atoms with van der Waals surface area (Å²) >= 11 is 0. The Hall–Kier alpha value is -8.46. The third-order valence-electron chi connectivity index (χ3n) is 12.7. The summed E-state index contributed by atoms with van der Waals surface area (Å²) in [6, 6.07) is 89.5. The van der Waals surface area contributed by atoms with E-state index in [-0.39, 0.29) is 0 Å². The van der Waals surface area contributed by atoms with E-state index < -0.39 is 0 Å². The molecule has 0 radical (unpaired) electrons. The summed E-state index contributed by atoms with van der Waals surface area (Å²) < 4.78 is 7.59. The van der Waals surface area contributed by atoms with Gasteiger partial charge in [0.1, 0.15) is 5.75 Å². The summed E-state index contributed by atoms with van der Waals surface area (Å²) in [5.41, 5.74) is 16.7. The highest BCUT2D eigenvalue weighted by atomic mass is 16.5. The van der Waals surface area contributed by atoms with Crippen molar-refractivity contribution >= 4 is 38.6 Å². The molecule has 2 nitrogen and oxygen atoms in total. The number of fused-ring (bicyclic) bond motifs is 7. The molecule has 0 fully saturated rings. The third-order valence-corrected chi connectivity index (χ3v) is 12.7. The molecule has 300 valence electrons. The maximum Gasteiger partial charge on any atom is 0.159 e. The summed E-state index contributed by atoms with van der Waals surface area (Å²) in [7, 11) is 0. The number of hydrogen-bond donors (Lipinski definition) is 0. The van der Waals surface area contributed by atoms with Gasteiger partial charge >= 0.3 is 0 Å². The molecule has 0 aromatic heterocycles. The number of hydrogen-bond acceptors (Lipinski definition) is 2. The number of ether oxygens (including phenoxy) is 1. The lowest BCUT2D eigenvalue weighted by molar-refractivity contribution is 0.490. The summed E-state index contributed by atoms with van der Waals surface area (Å²) in [5.74, 6) is 1.65. The Balaban J connectivity index is 1.05. The van der Waals surface area contributed by atoms with Gasteiger partial charge in [0.2, 0.25) is 0 Å². The van der Waals surface area contributed by atoms with Crippen LogP contribution >= 0.6 is 0 Å². The Morgan fingerprint density at radius 1 is 0.250 bits per heavy atom. The lowest BCUT2D eigenvalue weighted by atomic mass is 9.89. The molecule has 0 amide bonds. The lowest BCUT2D eigenvalue weighted by Crippen LogP contribution is -2.11. The zero-order chi connectivity index (χ0) is 42.4. The molecule has 0 unspecified atom stereocenters. The zero-order valence-electron chi connectivity index (χ0n) is 35.0. The molecule has 64 heavy (non-hydrogen) atoms. The molecular formula is C62H41NO. The highest BCUT2D eigenvalue weighted by molar-refractivity contribution is 6.05. The van der Waals surface area contributed by atoms with Gasteiger partial charge in [-0.15, -0.1) is 0 Å². The molecule has 0 saturated carbocycles. The van der Waals surface area contributed by atoms with E-state index >= 15 is 0 Å². The fraction of sp³-hybridized carbons (Fsp3) is 0. The van der Waals surface area contributed by atoms with Crippen molar-refractivity contribution in [2.45, 2.75) is 0 Å². The number of anilines is 3. The average Bonchev–Trinajstić information content (AvgIpc) is 3.51. The SMILES string of the molecule is c1ccc(-c2ccc(-c3ccc(N(c4ccc(-c5ccccc5)cc4)c4cccc5c4Oc4c(cccc4-c4cccc6ccccc46)-c4cc6ccccc6cc4-5)cc3)cc2)cc1. The molecule has 0 N–H and O–H groups in total. The van der Waals surface area contributed by atoms with Crippen LogP contribution in [-0.2, 0) is 0 Å². The van der Waals surface area contributed by atoms with Crippen LogP contribution < -0.4 is 9.64 Å². The first-order valence-corrected chi connectivity index (χ1v) is 21.9. The van der Waals surface area contributed by atoms with Gasteiger partial charge in [-0.1, -0.05) is 206 Å². The number of benzene rings is 11. The molecule has 1 heterocycles. The van der Waals surface area contributed by atoms with Crippen molar-refractivity contribution in [3.05, 3.63) is 249 Å². The maximum absolute atomic E-state index is 7.59. The minimum Gasteiger partial charge on any atom is -0.453 e. The van der Waals surface area contributed by atoms with Crippen LogP contribution in [-0.4, -0.2) is 0 Å². The minimum atomic E-state index is 0.804. The Morgan fingerprint density at radius 3 is 1.17 bits per heavy atom. The van der Waals surface area contributed by atoms with Crippen molar-refractivity contribution in [2.24, 2.45) is 0 Å². The quantitative estimate of drug-likeness (QED) is 0.159. The molecule has 0 bridgehead atoms. The van der Waals surface area contributed by atoms with E-state index in [2.05, 4.69) is 254 Å². The smallest absolute Gasteiger partial charge is 0.159 e. The number of nitrogens with zero attached hydrogens (tertiary/aromatic N) is 1. The van der Waals surface area contributed by atoms with Gasteiger partial charge in [0.05, 0.1) is 5.69 Å². The van der Waals surface area contributed by atoms with Crippen LogP contribution in [0.25, 0.3) is 88.3 Å². The minimum absolute atomic E-state index is 0.804. The van der Waals surface area contributed by atoms with Crippen LogP contribution in [0.2, 0.25) is 0 Å². The molecule has 0 aliphatic carbocycles. The van der Waals surface area contributed by atoms with Crippen LogP contribution in [0.4, 0.5) is 17.1 Å². The third kappa shape index (κ3) is 6.61. The Kier molecular flexibility index (Phi) is 9.20. The highest BCUT2D eigenvalue weighted by Gasteiger charge is 2.29. The Labute approximate surface area is 373 Å². The van der Waals surface area contributed by atoms with E-state index in [0.717, 1.165) is 73.1 Å². The van der Waals surface area contributed by atoms with Crippen LogP contribution in [0.15, 0.2) is 249 Å². The van der Waals surface area contributed by atoms with E-state index in [0.29, 0.717) is 0 Å². The Bertz CT molecular complexity index is 3480. The second-order valence-electron chi connectivity index (χ2n) is 16.4. The van der Waals surface area contributed by atoms with Crippen LogP contribution in [0.1, 0.15) is 0 Å². The first kappa shape index (κ1) is 37.3. The summed E-state index contributed by atoms with van der Waals surface area (Å²) in [5, 5.41) is 4.76. The van der Waals surface area contributed by atoms with E-state index in [4.69, 9.17) is 4.74 Å². The fourth-order valence-electron chi connectivity index (χ4n) is 9.49. The Morgan fingerprint density at radius 2 is 0.625 bits per heavy atom. The van der Waals surface area contributed by atoms with Gasteiger partial charge in [-0.2, -0.15) is 0 Å². The summed E-state index contributed by atoms with van der Waals surface area (Å²) in [6.07, 6.45) is 0. The molecular weight excluding hydrogens is 775 g/mol. The predicted octanol–water partition coefficient (Wildman–Crippen LogP) is 17.6. The molecule has 2 heteroatoms. The molecule has 1 aliphatic rings. The van der Waals surface area contributed by atoms with Gasteiger partial charge in [0.15, 0.2) is 5.75 Å². The van der Waals surface area contributed by atoms with Crippen molar-refractivity contribution in [3.8, 4) is 78.3 Å². The predicted molar refractivity (Wildman–Crippen MR) is 269 cm³/mol. The molecule has 0 saturated heterocycles. The van der Waals surface area contributed by atoms with Crippen molar-refractivity contribution in [3.63, 3.8) is 0 Å². The van der Waals surface area contributed by atoms with Gasteiger partial charge in [0.25, 0.3) is 0 Å². The second kappa shape index (κ2) is 15.8. The van der Waals surface area contributed by atoms with Crippen molar-refractivity contribution < 1.29 is 4.74 Å². The molecule has 0 atom stereocenters. The van der Waals surface area contributed by atoms with Gasteiger partial charge in [0, 0.05) is 28.1 Å². The van der Waals surface area contributed by atoms with Gasteiger partial charge in [-0.05, 0) is 114 Å². The number of para-hydroxylation sites is 2. The van der Waals surface area contributed by atoms with E-state index in [1.165, 1.54) is 43.8 Å². The van der Waals surface area contributed by atoms with Crippen molar-refractivity contribution in [1.82, 2.24) is 0 Å². The molecule has 0 spiro atoms.